The smallest absolute Gasteiger partial charge is 0.0369 e. The van der Waals surface area contributed by atoms with Crippen molar-refractivity contribution in [1.82, 2.24) is 5.32 Å². The number of hydrogen-bond acceptors (Lipinski definition) is 3. The van der Waals surface area contributed by atoms with Gasteiger partial charge in [-0.25, -0.2) is 0 Å². The first kappa shape index (κ1) is 14.3. The Morgan fingerprint density at radius 3 is 2.80 bits per heavy atom. The Morgan fingerprint density at radius 1 is 1.35 bits per heavy atom. The first-order valence-corrected chi connectivity index (χ1v) is 8.74. The molecule has 1 saturated carbocycles. The van der Waals surface area contributed by atoms with E-state index in [-0.39, 0.29) is 0 Å². The molecule has 1 N–H and O–H groups in total. The number of aryl methyl sites for hydroxylation is 1. The molecule has 0 aromatic heterocycles. The Labute approximate surface area is 127 Å². The van der Waals surface area contributed by atoms with Crippen LogP contribution in [0.15, 0.2) is 18.2 Å². The zero-order valence-electron chi connectivity index (χ0n) is 12.9. The maximum Gasteiger partial charge on any atom is 0.0369 e. The standard InChI is InChI=1S/C17H26N2S/c1-13-10-16(19-8-9-20-17(2,3)12-19)7-4-14(13)11-18-15-5-6-15/h4,7,10,15,18H,5-6,8-9,11-12H2,1-3H3. The van der Waals surface area contributed by atoms with Crippen molar-refractivity contribution < 1.29 is 0 Å². The highest BCUT2D eigenvalue weighted by Crippen LogP contribution is 2.32. The van der Waals surface area contributed by atoms with Crippen LogP contribution in [0, 0.1) is 6.92 Å². The molecule has 20 heavy (non-hydrogen) atoms. The first-order valence-electron chi connectivity index (χ1n) is 7.75. The zero-order valence-corrected chi connectivity index (χ0v) is 13.7. The third-order valence-electron chi connectivity index (χ3n) is 4.28. The van der Waals surface area contributed by atoms with Crippen LogP contribution in [0.5, 0.6) is 0 Å². The van der Waals surface area contributed by atoms with Gasteiger partial charge in [-0.15, -0.1) is 0 Å². The molecule has 1 saturated heterocycles. The van der Waals surface area contributed by atoms with Crippen LogP contribution in [0.25, 0.3) is 0 Å². The van der Waals surface area contributed by atoms with Gasteiger partial charge < -0.3 is 10.2 Å². The van der Waals surface area contributed by atoms with E-state index in [1.807, 2.05) is 0 Å². The molecule has 1 aromatic rings. The number of anilines is 1. The van der Waals surface area contributed by atoms with Crippen molar-refractivity contribution in [3.05, 3.63) is 29.3 Å². The Balaban J connectivity index is 1.68. The van der Waals surface area contributed by atoms with E-state index in [1.165, 1.54) is 42.0 Å². The van der Waals surface area contributed by atoms with E-state index >= 15 is 0 Å². The maximum atomic E-state index is 3.61. The summed E-state index contributed by atoms with van der Waals surface area (Å²) >= 11 is 2.09. The largest absolute Gasteiger partial charge is 0.369 e. The molecule has 3 heteroatoms. The molecule has 1 aliphatic heterocycles. The van der Waals surface area contributed by atoms with Crippen LogP contribution in [0.1, 0.15) is 37.8 Å². The summed E-state index contributed by atoms with van der Waals surface area (Å²) in [5, 5.41) is 3.61. The summed E-state index contributed by atoms with van der Waals surface area (Å²) in [6.07, 6.45) is 2.72. The second-order valence-electron chi connectivity index (χ2n) is 6.80. The summed E-state index contributed by atoms with van der Waals surface area (Å²) < 4.78 is 0.373. The van der Waals surface area contributed by atoms with Gasteiger partial charge in [0.25, 0.3) is 0 Å². The fourth-order valence-electron chi connectivity index (χ4n) is 2.85. The van der Waals surface area contributed by atoms with Crippen LogP contribution in [-0.4, -0.2) is 29.6 Å². The minimum absolute atomic E-state index is 0.373. The molecule has 0 atom stereocenters. The molecule has 2 nitrogen and oxygen atoms in total. The minimum Gasteiger partial charge on any atom is -0.369 e. The molecule has 2 fully saturated rings. The molecule has 1 heterocycles. The van der Waals surface area contributed by atoms with Gasteiger partial charge in [0.05, 0.1) is 0 Å². The number of nitrogens with one attached hydrogen (secondary N) is 1. The second kappa shape index (κ2) is 5.61. The van der Waals surface area contributed by atoms with Gasteiger partial charge >= 0.3 is 0 Å². The molecule has 3 rings (SSSR count). The van der Waals surface area contributed by atoms with Gasteiger partial charge in [0.1, 0.15) is 0 Å². The molecule has 0 amide bonds. The van der Waals surface area contributed by atoms with E-state index in [0.29, 0.717) is 4.75 Å². The van der Waals surface area contributed by atoms with Crippen LogP contribution in [0.2, 0.25) is 0 Å². The highest BCUT2D eigenvalue weighted by molar-refractivity contribution is 8.00. The Hall–Kier alpha value is -0.670. The van der Waals surface area contributed by atoms with E-state index in [0.717, 1.165) is 19.1 Å². The topological polar surface area (TPSA) is 15.3 Å². The second-order valence-corrected chi connectivity index (χ2v) is 8.60. The lowest BCUT2D eigenvalue weighted by Crippen LogP contribution is -2.43. The molecule has 110 valence electrons. The molecular formula is C17H26N2S. The van der Waals surface area contributed by atoms with Crippen molar-refractivity contribution in [2.24, 2.45) is 0 Å². The van der Waals surface area contributed by atoms with Gasteiger partial charge in [-0.1, -0.05) is 6.07 Å². The molecule has 0 radical (unpaired) electrons. The summed E-state index contributed by atoms with van der Waals surface area (Å²) in [6, 6.07) is 7.78. The van der Waals surface area contributed by atoms with Gasteiger partial charge in [-0.2, -0.15) is 11.8 Å². The minimum atomic E-state index is 0.373. The van der Waals surface area contributed by atoms with Crippen molar-refractivity contribution in [3.63, 3.8) is 0 Å². The van der Waals surface area contributed by atoms with Gasteiger partial charge in [-0.05, 0) is 56.9 Å². The Bertz CT molecular complexity index is 480. The average Bonchev–Trinajstić information content (AvgIpc) is 3.20. The fraction of sp³-hybridized carbons (Fsp3) is 0.647. The van der Waals surface area contributed by atoms with E-state index in [1.54, 1.807) is 0 Å². The zero-order chi connectivity index (χ0) is 14.2. The number of rotatable bonds is 4. The number of benzene rings is 1. The normalized spacial score (nSPS) is 22.1. The van der Waals surface area contributed by atoms with Crippen molar-refractivity contribution in [2.75, 3.05) is 23.7 Å². The van der Waals surface area contributed by atoms with Crippen LogP contribution >= 0.6 is 11.8 Å². The van der Waals surface area contributed by atoms with Gasteiger partial charge in [0, 0.05) is 41.9 Å². The van der Waals surface area contributed by atoms with E-state index in [9.17, 15) is 0 Å². The summed E-state index contributed by atoms with van der Waals surface area (Å²) in [5.41, 5.74) is 4.27. The third-order valence-corrected chi connectivity index (χ3v) is 5.57. The number of hydrogen-bond donors (Lipinski definition) is 1. The number of nitrogens with zero attached hydrogens (tertiary/aromatic N) is 1. The van der Waals surface area contributed by atoms with Gasteiger partial charge in [-0.3, -0.25) is 0 Å². The van der Waals surface area contributed by atoms with Crippen molar-refractivity contribution in [1.29, 1.82) is 0 Å². The Morgan fingerprint density at radius 2 is 2.15 bits per heavy atom. The maximum absolute atomic E-state index is 3.61. The lowest BCUT2D eigenvalue weighted by molar-refractivity contribution is 0.647. The van der Waals surface area contributed by atoms with E-state index in [2.05, 4.69) is 60.9 Å². The highest BCUT2D eigenvalue weighted by atomic mass is 32.2. The van der Waals surface area contributed by atoms with Crippen LogP contribution in [-0.2, 0) is 6.54 Å². The van der Waals surface area contributed by atoms with E-state index in [4.69, 9.17) is 0 Å². The molecule has 1 aromatic carbocycles. The molecular weight excluding hydrogens is 264 g/mol. The summed E-state index contributed by atoms with van der Waals surface area (Å²) in [6.45, 7) is 10.3. The van der Waals surface area contributed by atoms with Crippen molar-refractivity contribution in [3.8, 4) is 0 Å². The van der Waals surface area contributed by atoms with Gasteiger partial charge in [0.2, 0.25) is 0 Å². The number of thioether (sulfide) groups is 1. The van der Waals surface area contributed by atoms with Crippen LogP contribution in [0.3, 0.4) is 0 Å². The van der Waals surface area contributed by atoms with Crippen molar-refractivity contribution >= 4 is 17.4 Å². The molecule has 2 aliphatic rings. The predicted octanol–water partition coefficient (Wildman–Crippen LogP) is 3.58. The first-order chi connectivity index (χ1) is 9.53. The highest BCUT2D eigenvalue weighted by Gasteiger charge is 2.27. The van der Waals surface area contributed by atoms with Gasteiger partial charge in [0.15, 0.2) is 0 Å². The predicted molar refractivity (Wildman–Crippen MR) is 89.8 cm³/mol. The molecule has 1 aliphatic carbocycles. The van der Waals surface area contributed by atoms with Crippen LogP contribution in [0.4, 0.5) is 5.69 Å². The molecule has 0 unspecified atom stereocenters. The summed E-state index contributed by atoms with van der Waals surface area (Å²) in [7, 11) is 0. The molecule has 0 spiro atoms. The lowest BCUT2D eigenvalue weighted by Gasteiger charge is -2.39. The summed E-state index contributed by atoms with van der Waals surface area (Å²) in [4.78, 5) is 2.54. The monoisotopic (exact) mass is 290 g/mol. The average molecular weight is 290 g/mol. The quantitative estimate of drug-likeness (QED) is 0.912. The van der Waals surface area contributed by atoms with Crippen molar-refractivity contribution in [2.45, 2.75) is 50.9 Å². The summed E-state index contributed by atoms with van der Waals surface area (Å²) in [5.74, 6) is 1.23. The molecule has 0 bridgehead atoms. The van der Waals surface area contributed by atoms with E-state index < -0.39 is 0 Å². The fourth-order valence-corrected chi connectivity index (χ4v) is 3.97. The third kappa shape index (κ3) is 3.50. The van der Waals surface area contributed by atoms with Crippen LogP contribution < -0.4 is 10.2 Å². The lowest BCUT2D eigenvalue weighted by atomic mass is 10.1. The SMILES string of the molecule is Cc1cc(N2CCSC(C)(C)C2)ccc1CNC1CC1. The Kier molecular flexibility index (Phi) is 4.00.